The Hall–Kier alpha value is -1.79. The molecule has 0 aromatic heterocycles. The van der Waals surface area contributed by atoms with Gasteiger partial charge < -0.3 is 20.7 Å². The average Bonchev–Trinajstić information content (AvgIpc) is 2.99. The number of nitrogens with two attached hydrogens (primary N) is 1. The molecule has 27 heavy (non-hydrogen) atoms. The van der Waals surface area contributed by atoms with E-state index in [4.69, 9.17) is 10.5 Å². The third kappa shape index (κ3) is 6.11. The van der Waals surface area contributed by atoms with Crippen LogP contribution >= 0.6 is 12.4 Å². The van der Waals surface area contributed by atoms with Crippen molar-refractivity contribution in [3.8, 4) is 5.75 Å². The molecule has 3 N–H and O–H groups in total. The number of unbranched alkanes of at least 4 members (excludes halogenated alkanes) is 2. The summed E-state index contributed by atoms with van der Waals surface area (Å²) in [6, 6.07) is 7.46. The highest BCUT2D eigenvalue weighted by molar-refractivity contribution is 5.90. The predicted octanol–water partition coefficient (Wildman–Crippen LogP) is 2.66. The quantitative estimate of drug-likeness (QED) is 0.594. The van der Waals surface area contributed by atoms with Crippen LogP contribution in [0.1, 0.15) is 50.6 Å². The molecule has 1 aromatic rings. The van der Waals surface area contributed by atoms with Crippen molar-refractivity contribution in [3.63, 3.8) is 0 Å². The summed E-state index contributed by atoms with van der Waals surface area (Å²) in [6.45, 7) is 4.01. The number of hydrogen-bond acceptors (Lipinski definition) is 4. The highest BCUT2D eigenvalue weighted by Crippen LogP contribution is 2.39. The molecule has 1 aromatic carbocycles. The fourth-order valence-electron chi connectivity index (χ4n) is 3.44. The summed E-state index contributed by atoms with van der Waals surface area (Å²) in [4.78, 5) is 27.2. The normalized spacial score (nSPS) is 18.9. The maximum Gasteiger partial charge on any atom is 0.226 e. The molecule has 2 atom stereocenters. The van der Waals surface area contributed by atoms with Crippen LogP contribution in [0, 0.1) is 5.92 Å². The molecule has 0 saturated carbocycles. The molecule has 0 radical (unpaired) electrons. The van der Waals surface area contributed by atoms with E-state index < -0.39 is 0 Å². The first-order valence-electron chi connectivity index (χ1n) is 9.53. The molecule has 1 saturated heterocycles. The second-order valence-electron chi connectivity index (χ2n) is 6.76. The van der Waals surface area contributed by atoms with E-state index in [1.807, 2.05) is 29.2 Å². The van der Waals surface area contributed by atoms with Gasteiger partial charge in [0.15, 0.2) is 0 Å². The van der Waals surface area contributed by atoms with Crippen molar-refractivity contribution in [1.82, 2.24) is 10.2 Å². The van der Waals surface area contributed by atoms with Gasteiger partial charge >= 0.3 is 0 Å². The average molecular weight is 398 g/mol. The van der Waals surface area contributed by atoms with E-state index in [0.717, 1.165) is 37.0 Å². The molecular formula is C20H32ClN3O3. The summed E-state index contributed by atoms with van der Waals surface area (Å²) in [7, 11) is 1.62. The lowest BCUT2D eigenvalue weighted by atomic mass is 9.92. The van der Waals surface area contributed by atoms with Crippen LogP contribution in [0.5, 0.6) is 5.75 Å². The Morgan fingerprint density at radius 2 is 1.96 bits per heavy atom. The van der Waals surface area contributed by atoms with E-state index in [1.165, 1.54) is 0 Å². The molecule has 0 aliphatic carbocycles. The Labute approximate surface area is 168 Å². The lowest BCUT2D eigenvalue weighted by molar-refractivity contribution is -0.129. The largest absolute Gasteiger partial charge is 0.497 e. The minimum absolute atomic E-state index is 0. The number of carbonyl (C=O) groups is 2. The van der Waals surface area contributed by atoms with E-state index in [0.29, 0.717) is 19.6 Å². The van der Waals surface area contributed by atoms with Crippen molar-refractivity contribution in [3.05, 3.63) is 29.8 Å². The molecule has 1 aliphatic rings. The zero-order valence-corrected chi connectivity index (χ0v) is 17.1. The first-order chi connectivity index (χ1) is 12.6. The molecule has 152 valence electrons. The number of ether oxygens (including phenoxy) is 1. The Balaban J connectivity index is 0.00000364. The zero-order chi connectivity index (χ0) is 18.9. The molecule has 7 heteroatoms. The monoisotopic (exact) mass is 397 g/mol. The van der Waals surface area contributed by atoms with Crippen molar-refractivity contribution in [2.75, 3.05) is 26.7 Å². The van der Waals surface area contributed by atoms with Crippen LogP contribution in [0.25, 0.3) is 0 Å². The van der Waals surface area contributed by atoms with Gasteiger partial charge in [0.25, 0.3) is 0 Å². The lowest BCUT2D eigenvalue weighted by Crippen LogP contribution is -2.36. The first kappa shape index (κ1) is 23.2. The Morgan fingerprint density at radius 3 is 2.56 bits per heavy atom. The first-order valence-corrected chi connectivity index (χ1v) is 9.53. The van der Waals surface area contributed by atoms with Gasteiger partial charge in [0, 0.05) is 19.5 Å². The van der Waals surface area contributed by atoms with Gasteiger partial charge in [-0.25, -0.2) is 0 Å². The van der Waals surface area contributed by atoms with E-state index >= 15 is 0 Å². The number of amides is 2. The minimum atomic E-state index is -0.356. The molecule has 1 aliphatic heterocycles. The summed E-state index contributed by atoms with van der Waals surface area (Å²) < 4.78 is 5.23. The van der Waals surface area contributed by atoms with Crippen LogP contribution in [0.3, 0.4) is 0 Å². The summed E-state index contributed by atoms with van der Waals surface area (Å²) in [5, 5.41) is 2.98. The van der Waals surface area contributed by atoms with Crippen molar-refractivity contribution in [1.29, 1.82) is 0 Å². The van der Waals surface area contributed by atoms with Crippen molar-refractivity contribution >= 4 is 24.2 Å². The van der Waals surface area contributed by atoms with Crippen LogP contribution in [-0.2, 0) is 9.59 Å². The molecule has 2 unspecified atom stereocenters. The highest BCUT2D eigenvalue weighted by atomic mass is 35.5. The van der Waals surface area contributed by atoms with E-state index in [-0.39, 0.29) is 42.6 Å². The standard InChI is InChI=1S/C20H31N3O3.ClH/c1-3-4-13-23-18(24)14-17(20(25)22-12-6-5-11-21)19(23)15-7-9-16(26-2)10-8-15;/h7-10,17,19H,3-6,11-14,21H2,1-2H3,(H,22,25);1H. The van der Waals surface area contributed by atoms with Gasteiger partial charge in [-0.05, 0) is 43.5 Å². The third-order valence-corrected chi connectivity index (χ3v) is 4.91. The minimum Gasteiger partial charge on any atom is -0.497 e. The predicted molar refractivity (Wildman–Crippen MR) is 109 cm³/mol. The molecule has 0 spiro atoms. The zero-order valence-electron chi connectivity index (χ0n) is 16.3. The summed E-state index contributed by atoms with van der Waals surface area (Å²) >= 11 is 0. The number of nitrogens with one attached hydrogen (secondary N) is 1. The van der Waals surface area contributed by atoms with Crippen molar-refractivity contribution < 1.29 is 14.3 Å². The lowest BCUT2D eigenvalue weighted by Gasteiger charge is -2.28. The number of methoxy groups -OCH3 is 1. The second kappa shape index (κ2) is 11.8. The van der Waals surface area contributed by atoms with Gasteiger partial charge in [-0.15, -0.1) is 12.4 Å². The molecule has 0 bridgehead atoms. The van der Waals surface area contributed by atoms with Gasteiger partial charge in [0.05, 0.1) is 19.1 Å². The number of carbonyl (C=O) groups excluding carboxylic acids is 2. The Kier molecular flexibility index (Phi) is 10.2. The van der Waals surface area contributed by atoms with Gasteiger partial charge in [0.1, 0.15) is 5.75 Å². The molecule has 1 heterocycles. The fourth-order valence-corrected chi connectivity index (χ4v) is 3.44. The smallest absolute Gasteiger partial charge is 0.226 e. The number of nitrogens with zero attached hydrogens (tertiary/aromatic N) is 1. The maximum absolute atomic E-state index is 12.7. The van der Waals surface area contributed by atoms with E-state index in [2.05, 4.69) is 12.2 Å². The summed E-state index contributed by atoms with van der Waals surface area (Å²) in [6.07, 6.45) is 3.95. The molecule has 2 amide bonds. The third-order valence-electron chi connectivity index (χ3n) is 4.91. The van der Waals surface area contributed by atoms with Crippen molar-refractivity contribution in [2.24, 2.45) is 11.7 Å². The van der Waals surface area contributed by atoms with Crippen LogP contribution in [0.2, 0.25) is 0 Å². The van der Waals surface area contributed by atoms with Gasteiger partial charge in [-0.1, -0.05) is 25.5 Å². The van der Waals surface area contributed by atoms with E-state index in [1.54, 1.807) is 7.11 Å². The van der Waals surface area contributed by atoms with Gasteiger partial charge in [-0.3, -0.25) is 9.59 Å². The summed E-state index contributed by atoms with van der Waals surface area (Å²) in [5.41, 5.74) is 6.48. The summed E-state index contributed by atoms with van der Waals surface area (Å²) in [5.74, 6) is 0.420. The molecule has 2 rings (SSSR count). The van der Waals surface area contributed by atoms with Crippen LogP contribution in [0.15, 0.2) is 24.3 Å². The highest BCUT2D eigenvalue weighted by Gasteiger charge is 2.43. The Morgan fingerprint density at radius 1 is 1.26 bits per heavy atom. The van der Waals surface area contributed by atoms with Gasteiger partial charge in [0.2, 0.25) is 11.8 Å². The number of halogens is 1. The van der Waals surface area contributed by atoms with Crippen molar-refractivity contribution in [2.45, 2.75) is 45.1 Å². The maximum atomic E-state index is 12.7. The SMILES string of the molecule is CCCCN1C(=O)CC(C(=O)NCCCCN)C1c1ccc(OC)cc1.Cl. The second-order valence-corrected chi connectivity index (χ2v) is 6.76. The fraction of sp³-hybridized carbons (Fsp3) is 0.600. The number of hydrogen-bond donors (Lipinski definition) is 2. The Bertz CT molecular complexity index is 595. The molecular weight excluding hydrogens is 366 g/mol. The number of benzene rings is 1. The molecule has 1 fully saturated rings. The number of rotatable bonds is 10. The molecule has 6 nitrogen and oxygen atoms in total. The van der Waals surface area contributed by atoms with Crippen LogP contribution < -0.4 is 15.8 Å². The van der Waals surface area contributed by atoms with Crippen LogP contribution in [-0.4, -0.2) is 43.5 Å². The van der Waals surface area contributed by atoms with Crippen LogP contribution in [0.4, 0.5) is 0 Å². The number of likely N-dealkylation sites (tertiary alicyclic amines) is 1. The topological polar surface area (TPSA) is 84.7 Å². The van der Waals surface area contributed by atoms with E-state index in [9.17, 15) is 9.59 Å². The van der Waals surface area contributed by atoms with Gasteiger partial charge in [-0.2, -0.15) is 0 Å².